The highest BCUT2D eigenvalue weighted by atomic mass is 35.5. The number of carbonyl (C=O) groups is 2. The van der Waals surface area contributed by atoms with Crippen LogP contribution in [0.15, 0.2) is 60.7 Å². The molecule has 9 heteroatoms. The average Bonchev–Trinajstić information content (AvgIpc) is 2.84. The van der Waals surface area contributed by atoms with E-state index in [0.29, 0.717) is 5.75 Å². The number of benzene rings is 3. The fourth-order valence-corrected chi connectivity index (χ4v) is 4.15. The number of methoxy groups -OCH3 is 2. The molecule has 34 heavy (non-hydrogen) atoms. The molecule has 0 bridgehead atoms. The van der Waals surface area contributed by atoms with Crippen molar-refractivity contribution in [2.45, 2.75) is 18.3 Å². The number of halogens is 1. The summed E-state index contributed by atoms with van der Waals surface area (Å²) in [5, 5.41) is 21.0. The summed E-state index contributed by atoms with van der Waals surface area (Å²) in [6, 6.07) is 17.0. The summed E-state index contributed by atoms with van der Waals surface area (Å²) in [6.45, 7) is 0.267. The second-order valence-electron chi connectivity index (χ2n) is 7.59. The van der Waals surface area contributed by atoms with Crippen LogP contribution in [0.2, 0.25) is 5.02 Å². The molecule has 0 saturated carbocycles. The van der Waals surface area contributed by atoms with Gasteiger partial charge in [-0.05, 0) is 41.0 Å². The summed E-state index contributed by atoms with van der Waals surface area (Å²) < 4.78 is 21.4. The van der Waals surface area contributed by atoms with E-state index < -0.39 is 23.6 Å². The molecule has 3 aromatic carbocycles. The number of carboxylic acid groups (broad SMARTS) is 1. The van der Waals surface area contributed by atoms with Crippen LogP contribution in [0.3, 0.4) is 0 Å². The van der Waals surface area contributed by atoms with E-state index in [9.17, 15) is 19.8 Å². The van der Waals surface area contributed by atoms with Crippen LogP contribution in [0.25, 0.3) is 0 Å². The molecule has 8 nitrogen and oxygen atoms in total. The summed E-state index contributed by atoms with van der Waals surface area (Å²) in [5.74, 6) is -6.12. The van der Waals surface area contributed by atoms with Crippen LogP contribution in [0.4, 0.5) is 0 Å². The van der Waals surface area contributed by atoms with Gasteiger partial charge in [-0.1, -0.05) is 48.0 Å². The molecule has 1 aliphatic rings. The van der Waals surface area contributed by atoms with E-state index >= 15 is 0 Å². The van der Waals surface area contributed by atoms with Crippen molar-refractivity contribution >= 4 is 23.5 Å². The van der Waals surface area contributed by atoms with E-state index in [4.69, 9.17) is 30.5 Å². The highest BCUT2D eigenvalue weighted by Gasteiger charge is 2.54. The summed E-state index contributed by atoms with van der Waals surface area (Å²) in [6.07, 6.45) is 0. The first-order valence-electron chi connectivity index (χ1n) is 10.2. The van der Waals surface area contributed by atoms with E-state index in [0.717, 1.165) is 5.56 Å². The van der Waals surface area contributed by atoms with Gasteiger partial charge in [0.1, 0.15) is 28.9 Å². The van der Waals surface area contributed by atoms with Gasteiger partial charge >= 0.3 is 17.7 Å². The van der Waals surface area contributed by atoms with Gasteiger partial charge in [0.15, 0.2) is 0 Å². The van der Waals surface area contributed by atoms with Gasteiger partial charge in [0.05, 0.1) is 25.7 Å². The number of esters is 1. The van der Waals surface area contributed by atoms with Crippen molar-refractivity contribution < 1.29 is 38.7 Å². The Balaban J connectivity index is 1.80. The second kappa shape index (κ2) is 9.24. The number of aliphatic carboxylic acids is 1. The Labute approximate surface area is 200 Å². The van der Waals surface area contributed by atoms with Gasteiger partial charge in [0.2, 0.25) is 0 Å². The van der Waals surface area contributed by atoms with Crippen molar-refractivity contribution in [1.82, 2.24) is 0 Å². The first kappa shape index (κ1) is 23.4. The van der Waals surface area contributed by atoms with Gasteiger partial charge in [-0.15, -0.1) is 0 Å². The minimum Gasteiger partial charge on any atom is -0.495 e. The molecule has 2 atom stereocenters. The summed E-state index contributed by atoms with van der Waals surface area (Å²) in [4.78, 5) is 24.8. The molecular weight excluding hydrogens is 464 g/mol. The van der Waals surface area contributed by atoms with Crippen molar-refractivity contribution in [3.05, 3.63) is 87.9 Å². The largest absolute Gasteiger partial charge is 0.495 e. The lowest BCUT2D eigenvalue weighted by atomic mass is 9.79. The normalized spacial score (nSPS) is 19.1. The first-order valence-corrected chi connectivity index (χ1v) is 10.6. The zero-order chi connectivity index (χ0) is 24.5. The third kappa shape index (κ3) is 4.13. The number of cyclic esters (lactones) is 1. The maximum Gasteiger partial charge on any atom is 0.378 e. The van der Waals surface area contributed by atoms with Crippen molar-refractivity contribution in [1.29, 1.82) is 0 Å². The van der Waals surface area contributed by atoms with Crippen molar-refractivity contribution in [2.24, 2.45) is 0 Å². The molecule has 176 valence electrons. The lowest BCUT2D eigenvalue weighted by Gasteiger charge is -2.37. The number of carboxylic acids is 1. The molecule has 0 aliphatic carbocycles. The Morgan fingerprint density at radius 1 is 1.06 bits per heavy atom. The van der Waals surface area contributed by atoms with Crippen molar-refractivity contribution in [3.63, 3.8) is 0 Å². The number of ether oxygens (including phenoxy) is 4. The molecule has 1 heterocycles. The zero-order valence-corrected chi connectivity index (χ0v) is 19.0. The summed E-state index contributed by atoms with van der Waals surface area (Å²) in [5.41, 5.74) is 1.49. The minimum absolute atomic E-state index is 0.0642. The smallest absolute Gasteiger partial charge is 0.378 e. The van der Waals surface area contributed by atoms with Crippen LogP contribution in [0, 0.1) is 0 Å². The molecule has 2 unspecified atom stereocenters. The lowest BCUT2D eigenvalue weighted by Crippen LogP contribution is -2.52. The van der Waals surface area contributed by atoms with Gasteiger partial charge in [0.25, 0.3) is 0 Å². The summed E-state index contributed by atoms with van der Waals surface area (Å²) in [7, 11) is 2.78. The monoisotopic (exact) mass is 484 g/mol. The Morgan fingerprint density at radius 3 is 2.29 bits per heavy atom. The van der Waals surface area contributed by atoms with E-state index in [1.165, 1.54) is 38.5 Å². The molecular formula is C25H21ClO8. The summed E-state index contributed by atoms with van der Waals surface area (Å²) >= 11 is 6.25. The molecule has 4 rings (SSSR count). The molecule has 0 amide bonds. The maximum absolute atomic E-state index is 12.7. The third-order valence-corrected chi connectivity index (χ3v) is 5.92. The average molecular weight is 485 g/mol. The van der Waals surface area contributed by atoms with Gasteiger partial charge in [-0.3, -0.25) is 0 Å². The Hall–Kier alpha value is -3.75. The van der Waals surface area contributed by atoms with E-state index in [1.54, 1.807) is 6.07 Å². The lowest BCUT2D eigenvalue weighted by molar-refractivity contribution is -0.211. The number of carbonyl (C=O) groups excluding carboxylic acids is 1. The first-order chi connectivity index (χ1) is 16.3. The van der Waals surface area contributed by atoms with Crippen LogP contribution in [0.1, 0.15) is 33.0 Å². The molecule has 3 aromatic rings. The van der Waals surface area contributed by atoms with Gasteiger partial charge in [-0.25, -0.2) is 9.59 Å². The van der Waals surface area contributed by atoms with E-state index in [1.807, 2.05) is 30.3 Å². The van der Waals surface area contributed by atoms with Crippen LogP contribution >= 0.6 is 11.6 Å². The Bertz CT molecular complexity index is 1220. The highest BCUT2D eigenvalue weighted by Crippen LogP contribution is 2.47. The predicted octanol–water partition coefficient (Wildman–Crippen LogP) is 4.01. The van der Waals surface area contributed by atoms with E-state index in [-0.39, 0.29) is 39.8 Å². The predicted molar refractivity (Wildman–Crippen MR) is 122 cm³/mol. The van der Waals surface area contributed by atoms with Gasteiger partial charge < -0.3 is 29.2 Å². The number of fused-ring (bicyclic) bond motifs is 1. The number of aliphatic hydroxyl groups is 1. The molecule has 2 N–H and O–H groups in total. The molecule has 0 saturated heterocycles. The molecule has 1 aliphatic heterocycles. The van der Waals surface area contributed by atoms with E-state index in [2.05, 4.69) is 0 Å². The molecule has 0 spiro atoms. The second-order valence-corrected chi connectivity index (χ2v) is 7.96. The highest BCUT2D eigenvalue weighted by molar-refractivity contribution is 6.33. The fraction of sp³-hybridized carbons (Fsp3) is 0.200. The topological polar surface area (TPSA) is 112 Å². The van der Waals surface area contributed by atoms with Crippen LogP contribution < -0.4 is 14.2 Å². The standard InChI is InChI=1S/C25H21ClO8/c1-31-19-10-15(11-20(32-2)22(19)26)21-17-9-8-16(33-13-14-6-4-3-5-7-14)12-18(17)23(27)34-25(21,30)24(28)29/h3-12,21,30H,13H2,1-2H3,(H,28,29). The molecule has 0 radical (unpaired) electrons. The number of hydrogen-bond donors (Lipinski definition) is 2. The Kier molecular flexibility index (Phi) is 6.37. The number of rotatable bonds is 7. The zero-order valence-electron chi connectivity index (χ0n) is 18.3. The minimum atomic E-state index is -2.87. The quantitative estimate of drug-likeness (QED) is 0.484. The maximum atomic E-state index is 12.7. The van der Waals surface area contributed by atoms with Crippen LogP contribution in [0.5, 0.6) is 17.2 Å². The molecule has 0 aromatic heterocycles. The van der Waals surface area contributed by atoms with Crippen molar-refractivity contribution in [3.8, 4) is 17.2 Å². The van der Waals surface area contributed by atoms with Crippen LogP contribution in [-0.2, 0) is 16.1 Å². The van der Waals surface area contributed by atoms with Crippen molar-refractivity contribution in [2.75, 3.05) is 14.2 Å². The van der Waals surface area contributed by atoms with Gasteiger partial charge in [-0.2, -0.15) is 0 Å². The SMILES string of the molecule is COc1cc(C2c3ccc(OCc4ccccc4)cc3C(=O)OC2(O)C(=O)O)cc(OC)c1Cl. The third-order valence-electron chi connectivity index (χ3n) is 5.55. The number of hydrogen-bond acceptors (Lipinski definition) is 7. The van der Waals surface area contributed by atoms with Crippen LogP contribution in [-0.4, -0.2) is 42.2 Å². The fourth-order valence-electron chi connectivity index (χ4n) is 3.89. The van der Waals surface area contributed by atoms with Gasteiger partial charge in [0, 0.05) is 0 Å². The Morgan fingerprint density at radius 2 is 1.71 bits per heavy atom. The molecule has 0 fully saturated rings.